The summed E-state index contributed by atoms with van der Waals surface area (Å²) in [5.74, 6) is 0.544. The molecule has 0 aliphatic rings. The van der Waals surface area contributed by atoms with Crippen LogP contribution in [0.5, 0.6) is 0 Å². The average Bonchev–Trinajstić information content (AvgIpc) is 2.95. The van der Waals surface area contributed by atoms with Crippen LogP contribution in [-0.4, -0.2) is 14.9 Å². The lowest BCUT2D eigenvalue weighted by atomic mass is 10.1. The molecule has 3 rings (SSSR count). The summed E-state index contributed by atoms with van der Waals surface area (Å²) in [5.41, 5.74) is 2.61. The topological polar surface area (TPSA) is 51.2 Å². The van der Waals surface area contributed by atoms with Crippen molar-refractivity contribution >= 4 is 11.0 Å². The largest absolute Gasteiger partial charge is 0.458 e. The van der Waals surface area contributed by atoms with E-state index in [1.54, 1.807) is 24.0 Å². The molecular formula is C14H14N2O2. The molecule has 1 N–H and O–H groups in total. The van der Waals surface area contributed by atoms with E-state index in [0.29, 0.717) is 11.5 Å². The van der Waals surface area contributed by atoms with Gasteiger partial charge in [0, 0.05) is 18.6 Å². The summed E-state index contributed by atoms with van der Waals surface area (Å²) in [6.45, 7) is 1.99. The fraction of sp³-hybridized carbons (Fsp3) is 0.214. The Morgan fingerprint density at radius 3 is 2.83 bits per heavy atom. The van der Waals surface area contributed by atoms with Crippen molar-refractivity contribution in [2.24, 2.45) is 7.05 Å². The third-order valence-electron chi connectivity index (χ3n) is 3.17. The number of para-hydroxylation sites is 1. The Morgan fingerprint density at radius 2 is 2.17 bits per heavy atom. The first-order valence-electron chi connectivity index (χ1n) is 5.82. The predicted molar refractivity (Wildman–Crippen MR) is 68.2 cm³/mol. The molecule has 0 aliphatic heterocycles. The number of hydrogen-bond donors (Lipinski definition) is 1. The minimum absolute atomic E-state index is 0.544. The van der Waals surface area contributed by atoms with Crippen LogP contribution in [0, 0.1) is 6.92 Å². The van der Waals surface area contributed by atoms with Gasteiger partial charge in [-0.2, -0.15) is 5.10 Å². The standard InChI is InChI=1S/C14H14N2O2/c1-9-4-3-5-10-8-12(18-14(9)10)13(17)11-6-7-15-16(11)2/h3-8,13,17H,1-2H3. The van der Waals surface area contributed by atoms with Crippen molar-refractivity contribution in [1.29, 1.82) is 0 Å². The average molecular weight is 242 g/mol. The van der Waals surface area contributed by atoms with E-state index in [1.807, 2.05) is 31.2 Å². The summed E-state index contributed by atoms with van der Waals surface area (Å²) in [7, 11) is 1.80. The number of furan rings is 1. The minimum atomic E-state index is -0.788. The van der Waals surface area contributed by atoms with Gasteiger partial charge >= 0.3 is 0 Å². The lowest BCUT2D eigenvalue weighted by Gasteiger charge is -2.07. The van der Waals surface area contributed by atoms with Crippen LogP contribution in [0.1, 0.15) is 23.1 Å². The van der Waals surface area contributed by atoms with Crippen molar-refractivity contribution in [3.63, 3.8) is 0 Å². The van der Waals surface area contributed by atoms with Crippen LogP contribution in [0.25, 0.3) is 11.0 Å². The van der Waals surface area contributed by atoms with Crippen molar-refractivity contribution < 1.29 is 9.52 Å². The van der Waals surface area contributed by atoms with E-state index >= 15 is 0 Å². The highest BCUT2D eigenvalue weighted by atomic mass is 16.4. The number of rotatable bonds is 2. The molecule has 0 bridgehead atoms. The number of aryl methyl sites for hydroxylation is 2. The smallest absolute Gasteiger partial charge is 0.153 e. The molecule has 1 unspecified atom stereocenters. The summed E-state index contributed by atoms with van der Waals surface area (Å²) in [5, 5.41) is 15.4. The molecular weight excluding hydrogens is 228 g/mol. The summed E-state index contributed by atoms with van der Waals surface area (Å²) in [6, 6.07) is 9.61. The van der Waals surface area contributed by atoms with Gasteiger partial charge in [-0.1, -0.05) is 18.2 Å². The van der Waals surface area contributed by atoms with E-state index in [2.05, 4.69) is 5.10 Å². The monoisotopic (exact) mass is 242 g/mol. The molecule has 2 aromatic heterocycles. The highest BCUT2D eigenvalue weighted by molar-refractivity contribution is 5.81. The first-order valence-corrected chi connectivity index (χ1v) is 5.82. The van der Waals surface area contributed by atoms with Crippen LogP contribution >= 0.6 is 0 Å². The van der Waals surface area contributed by atoms with Crippen molar-refractivity contribution in [3.05, 3.63) is 53.5 Å². The lowest BCUT2D eigenvalue weighted by Crippen LogP contribution is -2.05. The second kappa shape index (κ2) is 3.99. The predicted octanol–water partition coefficient (Wildman–Crippen LogP) is 2.56. The minimum Gasteiger partial charge on any atom is -0.458 e. The molecule has 1 atom stereocenters. The number of hydrogen-bond acceptors (Lipinski definition) is 3. The van der Waals surface area contributed by atoms with E-state index in [4.69, 9.17) is 4.42 Å². The summed E-state index contributed by atoms with van der Waals surface area (Å²) < 4.78 is 7.39. The van der Waals surface area contributed by atoms with Crippen molar-refractivity contribution in [2.75, 3.05) is 0 Å². The SMILES string of the molecule is Cc1cccc2cc(C(O)c3ccnn3C)oc12. The Bertz CT molecular complexity index is 697. The first-order chi connectivity index (χ1) is 8.66. The Labute approximate surface area is 104 Å². The molecule has 0 radical (unpaired) electrons. The van der Waals surface area contributed by atoms with Gasteiger partial charge < -0.3 is 9.52 Å². The zero-order valence-electron chi connectivity index (χ0n) is 10.3. The zero-order valence-corrected chi connectivity index (χ0v) is 10.3. The Morgan fingerprint density at radius 1 is 1.33 bits per heavy atom. The van der Waals surface area contributed by atoms with Crippen molar-refractivity contribution in [3.8, 4) is 0 Å². The molecule has 92 valence electrons. The Balaban J connectivity index is 2.10. The van der Waals surface area contributed by atoms with Crippen LogP contribution < -0.4 is 0 Å². The van der Waals surface area contributed by atoms with Gasteiger partial charge in [0.15, 0.2) is 6.10 Å². The van der Waals surface area contributed by atoms with Crippen molar-refractivity contribution in [1.82, 2.24) is 9.78 Å². The summed E-state index contributed by atoms with van der Waals surface area (Å²) >= 11 is 0. The second-order valence-corrected chi connectivity index (χ2v) is 4.42. The van der Waals surface area contributed by atoms with Gasteiger partial charge in [-0.25, -0.2) is 0 Å². The number of nitrogens with zero attached hydrogens (tertiary/aromatic N) is 2. The van der Waals surface area contributed by atoms with Gasteiger partial charge in [-0.15, -0.1) is 0 Å². The molecule has 4 heteroatoms. The van der Waals surface area contributed by atoms with E-state index in [-0.39, 0.29) is 0 Å². The van der Waals surface area contributed by atoms with Gasteiger partial charge in [-0.05, 0) is 24.6 Å². The molecule has 0 saturated heterocycles. The van der Waals surface area contributed by atoms with Crippen LogP contribution in [0.15, 0.2) is 40.9 Å². The molecule has 0 aliphatic carbocycles. The van der Waals surface area contributed by atoms with Crippen LogP contribution in [0.2, 0.25) is 0 Å². The molecule has 0 fully saturated rings. The molecule has 4 nitrogen and oxygen atoms in total. The number of aromatic nitrogens is 2. The molecule has 2 heterocycles. The van der Waals surface area contributed by atoms with E-state index in [0.717, 1.165) is 16.5 Å². The molecule has 1 aromatic carbocycles. The maximum Gasteiger partial charge on any atom is 0.153 e. The van der Waals surface area contributed by atoms with Gasteiger partial charge in [0.1, 0.15) is 11.3 Å². The maximum atomic E-state index is 10.3. The van der Waals surface area contributed by atoms with Crippen LogP contribution in [-0.2, 0) is 7.05 Å². The number of benzene rings is 1. The quantitative estimate of drug-likeness (QED) is 0.751. The van der Waals surface area contributed by atoms with Gasteiger partial charge in [-0.3, -0.25) is 4.68 Å². The highest BCUT2D eigenvalue weighted by Crippen LogP contribution is 2.29. The molecule has 0 amide bonds. The second-order valence-electron chi connectivity index (χ2n) is 4.42. The van der Waals surface area contributed by atoms with E-state index in [9.17, 15) is 5.11 Å². The lowest BCUT2D eigenvalue weighted by molar-refractivity contribution is 0.182. The number of aliphatic hydroxyl groups excluding tert-OH is 1. The van der Waals surface area contributed by atoms with Gasteiger partial charge in [0.05, 0.1) is 5.69 Å². The Kier molecular flexibility index (Phi) is 2.45. The fourth-order valence-corrected chi connectivity index (χ4v) is 2.16. The van der Waals surface area contributed by atoms with Crippen molar-refractivity contribution in [2.45, 2.75) is 13.0 Å². The van der Waals surface area contributed by atoms with Crippen LogP contribution in [0.4, 0.5) is 0 Å². The van der Waals surface area contributed by atoms with Crippen LogP contribution in [0.3, 0.4) is 0 Å². The molecule has 0 saturated carbocycles. The fourth-order valence-electron chi connectivity index (χ4n) is 2.16. The van der Waals surface area contributed by atoms with E-state index < -0.39 is 6.10 Å². The molecule has 3 aromatic rings. The molecule has 0 spiro atoms. The third-order valence-corrected chi connectivity index (χ3v) is 3.17. The normalized spacial score (nSPS) is 13.1. The third kappa shape index (κ3) is 1.62. The highest BCUT2D eigenvalue weighted by Gasteiger charge is 2.18. The zero-order chi connectivity index (χ0) is 12.7. The first kappa shape index (κ1) is 11.0. The van der Waals surface area contributed by atoms with E-state index in [1.165, 1.54) is 0 Å². The maximum absolute atomic E-state index is 10.3. The van der Waals surface area contributed by atoms with Gasteiger partial charge in [0.2, 0.25) is 0 Å². The Hall–Kier alpha value is -2.07. The summed E-state index contributed by atoms with van der Waals surface area (Å²) in [6.07, 6.45) is 0.871. The summed E-state index contributed by atoms with van der Waals surface area (Å²) in [4.78, 5) is 0. The molecule has 18 heavy (non-hydrogen) atoms. The van der Waals surface area contributed by atoms with Gasteiger partial charge in [0.25, 0.3) is 0 Å². The number of fused-ring (bicyclic) bond motifs is 1. The number of aliphatic hydroxyl groups is 1.